The average molecular weight is 581 g/mol. The summed E-state index contributed by atoms with van der Waals surface area (Å²) in [5, 5.41) is 2.59. The minimum atomic E-state index is -1.23. The number of rotatable bonds is 10. The topological polar surface area (TPSA) is 120 Å². The zero-order valence-electron chi connectivity index (χ0n) is 25.6. The van der Waals surface area contributed by atoms with Crippen LogP contribution in [-0.2, 0) is 28.5 Å². The van der Waals surface area contributed by atoms with Gasteiger partial charge < -0.3 is 29.2 Å². The first-order valence-electron chi connectivity index (χ1n) is 14.2. The van der Waals surface area contributed by atoms with Crippen molar-refractivity contribution >= 4 is 24.1 Å². The number of esters is 1. The molecule has 0 aliphatic carbocycles. The lowest BCUT2D eigenvalue weighted by atomic mass is 9.74. The lowest BCUT2D eigenvalue weighted by molar-refractivity contribution is -0.186. The summed E-state index contributed by atoms with van der Waals surface area (Å²) in [6.07, 6.45) is -1.87. The Morgan fingerprint density at radius 1 is 1.00 bits per heavy atom. The van der Waals surface area contributed by atoms with Crippen LogP contribution in [0.4, 0.5) is 14.0 Å². The highest BCUT2D eigenvalue weighted by atomic mass is 19.1. The van der Waals surface area contributed by atoms with E-state index < -0.39 is 71.5 Å². The molecular formula is C30H45FN2O8. The van der Waals surface area contributed by atoms with Crippen LogP contribution in [0.2, 0.25) is 0 Å². The molecule has 0 aromatic heterocycles. The van der Waals surface area contributed by atoms with Gasteiger partial charge in [-0.3, -0.25) is 9.59 Å². The first-order valence-corrected chi connectivity index (χ1v) is 14.2. The summed E-state index contributed by atoms with van der Waals surface area (Å²) in [6.45, 7) is 15.1. The van der Waals surface area contributed by atoms with Crippen LogP contribution in [0.15, 0.2) is 24.3 Å². The van der Waals surface area contributed by atoms with E-state index in [2.05, 4.69) is 5.32 Å². The first kappa shape index (κ1) is 33.8. The highest BCUT2D eigenvalue weighted by Crippen LogP contribution is 2.47. The summed E-state index contributed by atoms with van der Waals surface area (Å²) < 4.78 is 35.2. The summed E-state index contributed by atoms with van der Waals surface area (Å²) in [4.78, 5) is 53.8. The van der Waals surface area contributed by atoms with E-state index in [1.807, 2.05) is 13.8 Å². The number of likely N-dealkylation sites (tertiary alicyclic amines) is 1. The van der Waals surface area contributed by atoms with Crippen LogP contribution in [0.5, 0.6) is 0 Å². The van der Waals surface area contributed by atoms with E-state index in [0.29, 0.717) is 31.2 Å². The molecule has 0 bridgehead atoms. The van der Waals surface area contributed by atoms with Gasteiger partial charge in [0.05, 0.1) is 17.6 Å². The number of amides is 2. The van der Waals surface area contributed by atoms with E-state index in [0.717, 1.165) is 0 Å². The largest absolute Gasteiger partial charge is 0.511 e. The average Bonchev–Trinajstić information content (AvgIpc) is 3.28. The molecule has 1 aromatic carbocycles. The molecule has 1 aromatic rings. The van der Waals surface area contributed by atoms with Crippen molar-refractivity contribution in [2.45, 2.75) is 124 Å². The highest BCUT2D eigenvalue weighted by Gasteiger charge is 2.54. The number of halogens is 1. The van der Waals surface area contributed by atoms with Gasteiger partial charge in [-0.15, -0.1) is 0 Å². The predicted octanol–water partition coefficient (Wildman–Crippen LogP) is 6.03. The molecule has 1 N–H and O–H groups in total. The Hall–Kier alpha value is -3.37. The molecule has 2 rings (SSSR count). The molecule has 0 radical (unpaired) electrons. The van der Waals surface area contributed by atoms with Crippen molar-refractivity contribution in [3.8, 4) is 0 Å². The Morgan fingerprint density at radius 2 is 1.63 bits per heavy atom. The molecule has 10 nitrogen and oxygen atoms in total. The fourth-order valence-electron chi connectivity index (χ4n) is 5.27. The molecule has 11 heteroatoms. The number of benzene rings is 1. The van der Waals surface area contributed by atoms with Gasteiger partial charge in [0.1, 0.15) is 17.5 Å². The Kier molecular flexibility index (Phi) is 11.6. The molecule has 0 spiro atoms. The summed E-state index contributed by atoms with van der Waals surface area (Å²) >= 11 is 0. The maximum Gasteiger partial charge on any atom is 0.511 e. The molecule has 0 saturated carbocycles. The second-order valence-electron chi connectivity index (χ2n) is 11.6. The van der Waals surface area contributed by atoms with Crippen molar-refractivity contribution in [2.24, 2.45) is 5.41 Å². The first-order chi connectivity index (χ1) is 19.0. The molecule has 1 fully saturated rings. The molecule has 230 valence electrons. The van der Waals surface area contributed by atoms with Crippen molar-refractivity contribution < 1.29 is 42.5 Å². The quantitative estimate of drug-likeness (QED) is 0.202. The minimum absolute atomic E-state index is 0.309. The third-order valence-electron chi connectivity index (χ3n) is 7.15. The van der Waals surface area contributed by atoms with Gasteiger partial charge in [-0.2, -0.15) is 0 Å². The summed E-state index contributed by atoms with van der Waals surface area (Å²) in [6, 6.07) is 3.79. The van der Waals surface area contributed by atoms with Crippen molar-refractivity contribution in [1.82, 2.24) is 10.2 Å². The number of nitrogens with one attached hydrogen (secondary N) is 1. The Morgan fingerprint density at radius 3 is 2.17 bits per heavy atom. The Labute approximate surface area is 242 Å². The lowest BCUT2D eigenvalue weighted by Crippen LogP contribution is -2.56. The number of hydrogen-bond donors (Lipinski definition) is 1. The van der Waals surface area contributed by atoms with Gasteiger partial charge >= 0.3 is 18.2 Å². The SMILES string of the molecule is CCC(CC)(C(=O)OC(C)OC(=O)OC(C)C)[C@H]1CC[C@@H](c2cccc(F)c2)N1C(=O)[C@@H](C)NC(=O)OC(C)(C)C. The normalized spacial score (nSPS) is 18.9. The number of carbonyl (C=O) groups is 4. The number of alkyl carbamates (subject to hydrolysis) is 1. The van der Waals surface area contributed by atoms with Crippen LogP contribution in [-0.4, -0.2) is 59.1 Å². The zero-order chi connectivity index (χ0) is 31.1. The standard InChI is InChI=1S/C30H45FN2O8/c1-10-30(11-2,26(35)39-20(6)40-28(37)38-18(3)4)24-16-15-23(21-13-12-14-22(31)17-21)33(24)25(34)19(5)32-27(36)41-29(7,8)9/h12-14,17-20,23-24H,10-11,15-16H2,1-9H3,(H,32,36)/t19-,20?,23+,24-/m1/s1. The second-order valence-corrected chi connectivity index (χ2v) is 11.6. The van der Waals surface area contributed by atoms with Crippen LogP contribution < -0.4 is 5.32 Å². The van der Waals surface area contributed by atoms with Gasteiger partial charge in [0.2, 0.25) is 12.2 Å². The molecule has 1 saturated heterocycles. The summed E-state index contributed by atoms with van der Waals surface area (Å²) in [5.41, 5.74) is -1.37. The Bertz CT molecular complexity index is 1080. The van der Waals surface area contributed by atoms with Crippen molar-refractivity contribution in [2.75, 3.05) is 0 Å². The monoisotopic (exact) mass is 580 g/mol. The predicted molar refractivity (Wildman–Crippen MR) is 149 cm³/mol. The van der Waals surface area contributed by atoms with E-state index >= 15 is 0 Å². The van der Waals surface area contributed by atoms with Crippen LogP contribution in [0.3, 0.4) is 0 Å². The molecular weight excluding hydrogens is 535 g/mol. The van der Waals surface area contributed by atoms with Gasteiger partial charge in [-0.25, -0.2) is 14.0 Å². The third-order valence-corrected chi connectivity index (χ3v) is 7.15. The molecule has 1 aliphatic heterocycles. The van der Waals surface area contributed by atoms with Crippen LogP contribution in [0.1, 0.15) is 99.6 Å². The third kappa shape index (κ3) is 8.81. The van der Waals surface area contributed by atoms with Crippen LogP contribution >= 0.6 is 0 Å². The van der Waals surface area contributed by atoms with Crippen LogP contribution in [0.25, 0.3) is 0 Å². The maximum absolute atomic E-state index is 14.3. The van der Waals surface area contributed by atoms with E-state index in [9.17, 15) is 23.6 Å². The fourth-order valence-corrected chi connectivity index (χ4v) is 5.27. The molecule has 1 heterocycles. The highest BCUT2D eigenvalue weighted by molar-refractivity contribution is 5.87. The smallest absolute Gasteiger partial charge is 0.444 e. The van der Waals surface area contributed by atoms with Crippen molar-refractivity contribution in [3.63, 3.8) is 0 Å². The summed E-state index contributed by atoms with van der Waals surface area (Å²) in [7, 11) is 0. The fraction of sp³-hybridized carbons (Fsp3) is 0.667. The second kappa shape index (κ2) is 14.0. The van der Waals surface area contributed by atoms with Gasteiger partial charge in [0.15, 0.2) is 0 Å². The molecule has 1 unspecified atom stereocenters. The van der Waals surface area contributed by atoms with E-state index in [4.69, 9.17) is 18.9 Å². The van der Waals surface area contributed by atoms with Gasteiger partial charge in [0.25, 0.3) is 0 Å². The molecule has 41 heavy (non-hydrogen) atoms. The number of ether oxygens (including phenoxy) is 4. The molecule has 1 aliphatic rings. The van der Waals surface area contributed by atoms with Crippen LogP contribution in [0, 0.1) is 11.2 Å². The molecule has 2 amide bonds. The zero-order valence-corrected chi connectivity index (χ0v) is 25.6. The van der Waals surface area contributed by atoms with E-state index in [1.54, 1.807) is 58.6 Å². The van der Waals surface area contributed by atoms with E-state index in [-0.39, 0.29) is 0 Å². The number of carbonyl (C=O) groups excluding carboxylic acids is 4. The minimum Gasteiger partial charge on any atom is -0.444 e. The van der Waals surface area contributed by atoms with Crippen molar-refractivity contribution in [3.05, 3.63) is 35.6 Å². The number of nitrogens with zero attached hydrogens (tertiary/aromatic N) is 1. The van der Waals surface area contributed by atoms with Gasteiger partial charge in [0, 0.05) is 13.0 Å². The number of hydrogen-bond acceptors (Lipinski definition) is 8. The maximum atomic E-state index is 14.3. The van der Waals surface area contributed by atoms with Gasteiger partial charge in [-0.1, -0.05) is 26.0 Å². The van der Waals surface area contributed by atoms with Gasteiger partial charge in [-0.05, 0) is 84.9 Å². The van der Waals surface area contributed by atoms with Crippen molar-refractivity contribution in [1.29, 1.82) is 0 Å². The van der Waals surface area contributed by atoms with E-state index in [1.165, 1.54) is 19.1 Å². The Balaban J connectivity index is 2.43. The lowest BCUT2D eigenvalue weighted by Gasteiger charge is -2.43. The molecule has 4 atom stereocenters. The summed E-state index contributed by atoms with van der Waals surface area (Å²) in [5.74, 6) is -1.53.